The SMILES string of the molecule is COc1ccc(S(=O)(=O)N(CCCNc2cc(C)nc3ccc(Cl)cc23)CCNc2c3c(nc4c(C)cc(C)cc24)CCCC3)cc1. The second-order valence-electron chi connectivity index (χ2n) is 12.4. The summed E-state index contributed by atoms with van der Waals surface area (Å²) >= 11 is 6.29. The van der Waals surface area contributed by atoms with Gasteiger partial charge in [-0.25, -0.2) is 8.42 Å². The average molecular weight is 672 g/mol. The van der Waals surface area contributed by atoms with Crippen LogP contribution in [0.2, 0.25) is 5.02 Å². The van der Waals surface area contributed by atoms with Crippen LogP contribution in [0.1, 0.15) is 47.3 Å². The van der Waals surface area contributed by atoms with Crippen molar-refractivity contribution in [3.63, 3.8) is 0 Å². The van der Waals surface area contributed by atoms with Crippen molar-refractivity contribution in [1.29, 1.82) is 0 Å². The van der Waals surface area contributed by atoms with E-state index in [0.717, 1.165) is 75.8 Å². The molecule has 0 spiro atoms. The van der Waals surface area contributed by atoms with E-state index in [4.69, 9.17) is 21.3 Å². The molecule has 0 bridgehead atoms. The zero-order valence-electron chi connectivity index (χ0n) is 27.5. The molecular weight excluding hydrogens is 630 g/mol. The number of rotatable bonds is 12. The number of hydrogen-bond acceptors (Lipinski definition) is 7. The largest absolute Gasteiger partial charge is 0.497 e. The van der Waals surface area contributed by atoms with Gasteiger partial charge in [-0.3, -0.25) is 9.97 Å². The highest BCUT2D eigenvalue weighted by atomic mass is 35.5. The zero-order chi connectivity index (χ0) is 33.1. The molecule has 0 amide bonds. The summed E-state index contributed by atoms with van der Waals surface area (Å²) in [6.45, 7) is 7.88. The predicted molar refractivity (Wildman–Crippen MR) is 193 cm³/mol. The fourth-order valence-electron chi connectivity index (χ4n) is 6.59. The van der Waals surface area contributed by atoms with Gasteiger partial charge in [-0.05, 0) is 119 Å². The molecule has 0 atom stereocenters. The molecule has 2 heterocycles. The molecule has 0 saturated heterocycles. The monoisotopic (exact) mass is 671 g/mol. The Bertz CT molecular complexity index is 2030. The minimum absolute atomic E-state index is 0.245. The van der Waals surface area contributed by atoms with Gasteiger partial charge in [0.25, 0.3) is 0 Å². The summed E-state index contributed by atoms with van der Waals surface area (Å²) in [4.78, 5) is 9.95. The quantitative estimate of drug-likeness (QED) is 0.130. The Kier molecular flexibility index (Phi) is 9.87. The molecule has 0 aliphatic heterocycles. The van der Waals surface area contributed by atoms with Gasteiger partial charge >= 0.3 is 0 Å². The summed E-state index contributed by atoms with van der Waals surface area (Å²) in [5.41, 5.74) is 9.58. The van der Waals surface area contributed by atoms with E-state index in [1.54, 1.807) is 35.7 Å². The van der Waals surface area contributed by atoms with Crippen LogP contribution in [-0.4, -0.2) is 56.0 Å². The van der Waals surface area contributed by atoms with Gasteiger partial charge < -0.3 is 15.4 Å². The van der Waals surface area contributed by atoms with Crippen LogP contribution in [0, 0.1) is 20.8 Å². The van der Waals surface area contributed by atoms with Crippen molar-refractivity contribution >= 4 is 54.8 Å². The molecule has 0 radical (unpaired) electrons. The van der Waals surface area contributed by atoms with Crippen molar-refractivity contribution < 1.29 is 13.2 Å². The molecule has 0 fully saturated rings. The first-order chi connectivity index (χ1) is 22.6. The Balaban J connectivity index is 1.23. The Morgan fingerprint density at radius 3 is 2.45 bits per heavy atom. The molecule has 1 aliphatic carbocycles. The highest BCUT2D eigenvalue weighted by Crippen LogP contribution is 2.35. The molecule has 10 heteroatoms. The van der Waals surface area contributed by atoms with E-state index in [9.17, 15) is 8.42 Å². The van der Waals surface area contributed by atoms with Gasteiger partial charge in [0, 0.05) is 64.7 Å². The molecule has 3 aromatic carbocycles. The summed E-state index contributed by atoms with van der Waals surface area (Å²) in [5.74, 6) is 0.612. The lowest BCUT2D eigenvalue weighted by Gasteiger charge is -2.25. The average Bonchev–Trinajstić information content (AvgIpc) is 3.05. The van der Waals surface area contributed by atoms with Gasteiger partial charge in [-0.2, -0.15) is 4.31 Å². The van der Waals surface area contributed by atoms with Crippen LogP contribution in [-0.2, 0) is 22.9 Å². The Morgan fingerprint density at radius 2 is 1.66 bits per heavy atom. The van der Waals surface area contributed by atoms with Crippen LogP contribution in [0.25, 0.3) is 21.8 Å². The molecule has 0 saturated carbocycles. The number of aromatic nitrogens is 2. The van der Waals surface area contributed by atoms with E-state index in [-0.39, 0.29) is 4.90 Å². The van der Waals surface area contributed by atoms with Crippen molar-refractivity contribution in [2.24, 2.45) is 0 Å². The van der Waals surface area contributed by atoms with Crippen LogP contribution in [0.3, 0.4) is 0 Å². The lowest BCUT2D eigenvalue weighted by Crippen LogP contribution is -2.36. The van der Waals surface area contributed by atoms with Crippen LogP contribution >= 0.6 is 11.6 Å². The first-order valence-electron chi connectivity index (χ1n) is 16.3. The molecule has 0 unspecified atom stereocenters. The Hall–Kier alpha value is -3.92. The maximum atomic E-state index is 14.0. The molecule has 1 aliphatic rings. The number of nitrogens with zero attached hydrogens (tertiary/aromatic N) is 3. The fourth-order valence-corrected chi connectivity index (χ4v) is 8.24. The third-order valence-corrected chi connectivity index (χ3v) is 11.0. The van der Waals surface area contributed by atoms with E-state index >= 15 is 0 Å². The number of sulfonamides is 1. The first kappa shape index (κ1) is 33.0. The minimum atomic E-state index is -3.78. The maximum Gasteiger partial charge on any atom is 0.243 e. The van der Waals surface area contributed by atoms with Gasteiger partial charge in [-0.15, -0.1) is 0 Å². The zero-order valence-corrected chi connectivity index (χ0v) is 29.1. The molecule has 2 N–H and O–H groups in total. The van der Waals surface area contributed by atoms with Crippen molar-refractivity contribution in [1.82, 2.24) is 14.3 Å². The number of halogens is 1. The van der Waals surface area contributed by atoms with Crippen LogP contribution in [0.4, 0.5) is 11.4 Å². The number of ether oxygens (including phenoxy) is 1. The lowest BCUT2D eigenvalue weighted by molar-refractivity contribution is 0.412. The number of benzene rings is 3. The highest BCUT2D eigenvalue weighted by Gasteiger charge is 2.25. The standard InChI is InChI=1S/C37H42ClN5O3S/c1-24-20-25(2)36-32(21-24)37(30-8-5-6-9-33(30)42-36)40-17-19-43(47(44,45)29-13-11-28(46-4)12-14-29)18-7-16-39-35-22-26(3)41-34-15-10-27(38)23-31(34)35/h10-15,20-23H,5-9,16-19H2,1-4H3,(H,39,41)(H,40,42). The fraction of sp³-hybridized carbons (Fsp3) is 0.351. The number of hydrogen-bond donors (Lipinski definition) is 2. The molecule has 6 rings (SSSR count). The third kappa shape index (κ3) is 7.17. The van der Waals surface area contributed by atoms with Gasteiger partial charge in [0.15, 0.2) is 0 Å². The van der Waals surface area contributed by atoms with Crippen molar-refractivity contribution in [2.45, 2.75) is 57.8 Å². The van der Waals surface area contributed by atoms with Crippen LogP contribution < -0.4 is 15.4 Å². The van der Waals surface area contributed by atoms with Crippen LogP contribution in [0.5, 0.6) is 5.75 Å². The number of anilines is 2. The summed E-state index contributed by atoms with van der Waals surface area (Å²) in [6, 6.07) is 18.6. The van der Waals surface area contributed by atoms with Gasteiger partial charge in [0.1, 0.15) is 5.75 Å². The number of nitrogens with one attached hydrogen (secondary N) is 2. The molecule has 2 aromatic heterocycles. The summed E-state index contributed by atoms with van der Waals surface area (Å²) in [5, 5.41) is 9.88. The van der Waals surface area contributed by atoms with Crippen LogP contribution in [0.15, 0.2) is 65.6 Å². The summed E-state index contributed by atoms with van der Waals surface area (Å²) in [7, 11) is -2.21. The summed E-state index contributed by atoms with van der Waals surface area (Å²) < 4.78 is 34.9. The normalized spacial score (nSPS) is 13.2. The number of aryl methyl sites for hydroxylation is 4. The number of methoxy groups -OCH3 is 1. The molecule has 246 valence electrons. The second-order valence-corrected chi connectivity index (χ2v) is 14.7. The third-order valence-electron chi connectivity index (χ3n) is 8.86. The van der Waals surface area contributed by atoms with E-state index in [1.807, 2.05) is 31.2 Å². The highest BCUT2D eigenvalue weighted by molar-refractivity contribution is 7.89. The Morgan fingerprint density at radius 1 is 0.872 bits per heavy atom. The predicted octanol–water partition coefficient (Wildman–Crippen LogP) is 7.85. The van der Waals surface area contributed by atoms with Crippen molar-refractivity contribution in [3.8, 4) is 5.75 Å². The van der Waals surface area contributed by atoms with Crippen molar-refractivity contribution in [2.75, 3.05) is 43.9 Å². The van der Waals surface area contributed by atoms with Gasteiger partial charge in [-0.1, -0.05) is 23.2 Å². The second kappa shape index (κ2) is 14.1. The molecule has 47 heavy (non-hydrogen) atoms. The maximum absolute atomic E-state index is 14.0. The van der Waals surface area contributed by atoms with E-state index in [1.165, 1.54) is 11.1 Å². The summed E-state index contributed by atoms with van der Waals surface area (Å²) in [6.07, 6.45) is 4.81. The first-order valence-corrected chi connectivity index (χ1v) is 18.1. The van der Waals surface area contributed by atoms with Gasteiger partial charge in [0.05, 0.1) is 23.0 Å². The Labute approximate surface area is 282 Å². The molecule has 8 nitrogen and oxygen atoms in total. The minimum Gasteiger partial charge on any atom is -0.497 e. The molecule has 5 aromatic rings. The smallest absolute Gasteiger partial charge is 0.243 e. The van der Waals surface area contributed by atoms with Gasteiger partial charge in [0.2, 0.25) is 10.0 Å². The van der Waals surface area contributed by atoms with E-state index in [0.29, 0.717) is 43.4 Å². The van der Waals surface area contributed by atoms with E-state index in [2.05, 4.69) is 41.6 Å². The van der Waals surface area contributed by atoms with Crippen molar-refractivity contribution in [3.05, 3.63) is 93.8 Å². The van der Waals surface area contributed by atoms with E-state index < -0.39 is 10.0 Å². The topological polar surface area (TPSA) is 96.5 Å². The number of pyridine rings is 2. The lowest BCUT2D eigenvalue weighted by atomic mass is 9.91. The number of fused-ring (bicyclic) bond motifs is 3. The molecular formula is C37H42ClN5O3S.